The van der Waals surface area contributed by atoms with Gasteiger partial charge in [-0.15, -0.1) is 0 Å². The lowest BCUT2D eigenvalue weighted by Crippen LogP contribution is -2.25. The highest BCUT2D eigenvalue weighted by Gasteiger charge is 2.12. The van der Waals surface area contributed by atoms with Gasteiger partial charge in [-0.25, -0.2) is 9.97 Å². The Morgan fingerprint density at radius 2 is 2.00 bits per heavy atom. The van der Waals surface area contributed by atoms with Gasteiger partial charge < -0.3 is 10.2 Å². The van der Waals surface area contributed by atoms with Crippen molar-refractivity contribution in [2.45, 2.75) is 20.8 Å². The molecule has 0 aliphatic carbocycles. The van der Waals surface area contributed by atoms with E-state index in [9.17, 15) is 4.79 Å². The first-order valence-corrected chi connectivity index (χ1v) is 8.00. The number of aromatic nitrogens is 2. The average molecular weight is 363 g/mol. The van der Waals surface area contributed by atoms with Crippen molar-refractivity contribution >= 4 is 33.5 Å². The minimum Gasteiger partial charge on any atom is -0.341 e. The highest BCUT2D eigenvalue weighted by molar-refractivity contribution is 9.10. The summed E-state index contributed by atoms with van der Waals surface area (Å²) in [6.07, 6.45) is 1.61. The molecule has 0 atom stereocenters. The minimum absolute atomic E-state index is 0.238. The molecule has 22 heavy (non-hydrogen) atoms. The maximum atomic E-state index is 12.3. The zero-order valence-electron chi connectivity index (χ0n) is 12.9. The van der Waals surface area contributed by atoms with Crippen molar-refractivity contribution < 1.29 is 4.79 Å². The summed E-state index contributed by atoms with van der Waals surface area (Å²) in [5, 5.41) is 2.86. The molecule has 0 radical (unpaired) electrons. The molecule has 6 heteroatoms. The van der Waals surface area contributed by atoms with Gasteiger partial charge in [-0.1, -0.05) is 15.9 Å². The summed E-state index contributed by atoms with van der Waals surface area (Å²) in [6, 6.07) is 7.29. The van der Waals surface area contributed by atoms with Crippen LogP contribution in [0.1, 0.15) is 29.9 Å². The maximum Gasteiger partial charge on any atom is 0.274 e. The third-order valence-corrected chi connectivity index (χ3v) is 4.23. The molecule has 0 saturated heterocycles. The molecule has 5 nitrogen and oxygen atoms in total. The topological polar surface area (TPSA) is 58.1 Å². The fourth-order valence-corrected chi connectivity index (χ4v) is 2.30. The summed E-state index contributed by atoms with van der Waals surface area (Å²) in [5.41, 5.74) is 2.16. The highest BCUT2D eigenvalue weighted by atomic mass is 79.9. The molecule has 0 saturated carbocycles. The number of nitrogens with zero attached hydrogens (tertiary/aromatic N) is 3. The van der Waals surface area contributed by atoms with E-state index < -0.39 is 0 Å². The normalized spacial score (nSPS) is 10.4. The first-order chi connectivity index (χ1) is 10.5. The molecular weight excluding hydrogens is 344 g/mol. The van der Waals surface area contributed by atoms with Crippen LogP contribution in [0, 0.1) is 6.92 Å². The second-order valence-electron chi connectivity index (χ2n) is 4.83. The van der Waals surface area contributed by atoms with Crippen LogP contribution in [0.3, 0.4) is 0 Å². The molecule has 1 N–H and O–H groups in total. The highest BCUT2D eigenvalue weighted by Crippen LogP contribution is 2.20. The number of benzene rings is 1. The van der Waals surface area contributed by atoms with E-state index in [1.54, 1.807) is 12.3 Å². The number of aryl methyl sites for hydroxylation is 1. The summed E-state index contributed by atoms with van der Waals surface area (Å²) in [4.78, 5) is 22.9. The van der Waals surface area contributed by atoms with Crippen LogP contribution < -0.4 is 10.2 Å². The maximum absolute atomic E-state index is 12.3. The van der Waals surface area contributed by atoms with E-state index in [1.165, 1.54) is 0 Å². The van der Waals surface area contributed by atoms with E-state index in [0.717, 1.165) is 28.8 Å². The lowest BCUT2D eigenvalue weighted by Gasteiger charge is -2.18. The van der Waals surface area contributed by atoms with Crippen LogP contribution >= 0.6 is 15.9 Å². The van der Waals surface area contributed by atoms with E-state index >= 15 is 0 Å². The van der Waals surface area contributed by atoms with Gasteiger partial charge in [0.1, 0.15) is 5.69 Å². The first kappa shape index (κ1) is 16.4. The Labute approximate surface area is 138 Å². The van der Waals surface area contributed by atoms with Crippen LogP contribution in [-0.4, -0.2) is 29.0 Å². The van der Waals surface area contributed by atoms with Gasteiger partial charge in [0.2, 0.25) is 5.95 Å². The molecule has 2 aromatic rings. The van der Waals surface area contributed by atoms with E-state index in [-0.39, 0.29) is 5.91 Å². The van der Waals surface area contributed by atoms with Gasteiger partial charge in [0, 0.05) is 29.4 Å². The molecule has 0 fully saturated rings. The van der Waals surface area contributed by atoms with Crippen molar-refractivity contribution in [3.05, 3.63) is 46.2 Å². The van der Waals surface area contributed by atoms with Crippen molar-refractivity contribution in [1.82, 2.24) is 9.97 Å². The largest absolute Gasteiger partial charge is 0.341 e. The summed E-state index contributed by atoms with van der Waals surface area (Å²) in [7, 11) is 0. The molecule has 0 unspecified atom stereocenters. The van der Waals surface area contributed by atoms with Gasteiger partial charge in [-0.3, -0.25) is 4.79 Å². The second kappa shape index (κ2) is 7.35. The van der Waals surface area contributed by atoms with Gasteiger partial charge in [0.15, 0.2) is 0 Å². The number of nitrogens with one attached hydrogen (secondary N) is 1. The Balaban J connectivity index is 2.18. The van der Waals surface area contributed by atoms with E-state index in [2.05, 4.69) is 31.2 Å². The number of amides is 1. The second-order valence-corrected chi connectivity index (χ2v) is 5.69. The quantitative estimate of drug-likeness (QED) is 0.881. The summed E-state index contributed by atoms with van der Waals surface area (Å²) in [5.74, 6) is 0.335. The number of hydrogen-bond donors (Lipinski definition) is 1. The van der Waals surface area contributed by atoms with Crippen LogP contribution in [0.2, 0.25) is 0 Å². The van der Waals surface area contributed by atoms with Crippen LogP contribution in [0.5, 0.6) is 0 Å². The number of rotatable bonds is 5. The predicted molar refractivity (Wildman–Crippen MR) is 92.4 cm³/mol. The minimum atomic E-state index is -0.238. The number of carbonyl (C=O) groups is 1. The fraction of sp³-hybridized carbons (Fsp3) is 0.312. The third-order valence-electron chi connectivity index (χ3n) is 3.34. The van der Waals surface area contributed by atoms with Crippen LogP contribution in [0.25, 0.3) is 0 Å². The lowest BCUT2D eigenvalue weighted by molar-refractivity contribution is 0.102. The number of anilines is 2. The van der Waals surface area contributed by atoms with E-state index in [0.29, 0.717) is 11.6 Å². The van der Waals surface area contributed by atoms with Gasteiger partial charge in [0.05, 0.1) is 0 Å². The summed E-state index contributed by atoms with van der Waals surface area (Å²) < 4.78 is 1.01. The number of halogens is 1. The smallest absolute Gasteiger partial charge is 0.274 e. The van der Waals surface area contributed by atoms with E-state index in [4.69, 9.17) is 0 Å². The van der Waals surface area contributed by atoms with Gasteiger partial charge >= 0.3 is 0 Å². The SMILES string of the molecule is CCN(CC)c1nccc(C(=O)Nc2ccc(Br)c(C)c2)n1. The first-order valence-electron chi connectivity index (χ1n) is 7.20. The molecule has 0 aliphatic rings. The number of carbonyl (C=O) groups excluding carboxylic acids is 1. The van der Waals surface area contributed by atoms with Gasteiger partial charge in [-0.05, 0) is 50.6 Å². The van der Waals surface area contributed by atoms with Gasteiger partial charge in [0.25, 0.3) is 5.91 Å². The molecule has 0 aliphatic heterocycles. The number of hydrogen-bond acceptors (Lipinski definition) is 4. The van der Waals surface area contributed by atoms with Crippen molar-refractivity contribution in [2.24, 2.45) is 0 Å². The third kappa shape index (κ3) is 3.82. The lowest BCUT2D eigenvalue weighted by atomic mass is 10.2. The van der Waals surface area contributed by atoms with Crippen molar-refractivity contribution in [3.63, 3.8) is 0 Å². The van der Waals surface area contributed by atoms with Crippen LogP contribution in [-0.2, 0) is 0 Å². The summed E-state index contributed by atoms with van der Waals surface area (Å²) in [6.45, 7) is 7.64. The molecule has 0 bridgehead atoms. The van der Waals surface area contributed by atoms with Crippen LogP contribution in [0.15, 0.2) is 34.9 Å². The van der Waals surface area contributed by atoms with Crippen molar-refractivity contribution in [3.8, 4) is 0 Å². The monoisotopic (exact) mass is 362 g/mol. The predicted octanol–water partition coefficient (Wildman–Crippen LogP) is 3.65. The Hall–Kier alpha value is -1.95. The van der Waals surface area contributed by atoms with Crippen LogP contribution in [0.4, 0.5) is 11.6 Å². The Bertz CT molecular complexity index is 671. The standard InChI is InChI=1S/C16H19BrN4O/c1-4-21(5-2)16-18-9-8-14(20-16)15(22)19-12-6-7-13(17)11(3)10-12/h6-10H,4-5H2,1-3H3,(H,19,22). The molecular formula is C16H19BrN4O. The Morgan fingerprint density at radius 3 is 2.64 bits per heavy atom. The molecule has 116 valence electrons. The zero-order valence-corrected chi connectivity index (χ0v) is 14.5. The van der Waals surface area contributed by atoms with Crippen molar-refractivity contribution in [1.29, 1.82) is 0 Å². The molecule has 2 rings (SSSR count). The Morgan fingerprint density at radius 1 is 1.27 bits per heavy atom. The zero-order chi connectivity index (χ0) is 16.1. The Kier molecular flexibility index (Phi) is 5.49. The average Bonchev–Trinajstić information content (AvgIpc) is 2.52. The van der Waals surface area contributed by atoms with E-state index in [1.807, 2.05) is 43.9 Å². The van der Waals surface area contributed by atoms with Crippen molar-refractivity contribution in [2.75, 3.05) is 23.3 Å². The molecule has 1 heterocycles. The molecule has 0 spiro atoms. The fourth-order valence-electron chi connectivity index (χ4n) is 2.05. The molecule has 1 aromatic carbocycles. The molecule has 1 aromatic heterocycles. The van der Waals surface area contributed by atoms with Gasteiger partial charge in [-0.2, -0.15) is 0 Å². The molecule has 1 amide bonds. The summed E-state index contributed by atoms with van der Waals surface area (Å²) >= 11 is 3.44.